The average molecular weight is 442 g/mol. The third kappa shape index (κ3) is 3.93. The summed E-state index contributed by atoms with van der Waals surface area (Å²) in [5.74, 6) is -1.23. The molecule has 2 saturated heterocycles. The second-order valence-electron chi connectivity index (χ2n) is 7.79. The highest BCUT2D eigenvalue weighted by Gasteiger charge is 2.47. The van der Waals surface area contributed by atoms with E-state index in [-0.39, 0.29) is 17.4 Å². The third-order valence-electron chi connectivity index (χ3n) is 5.87. The van der Waals surface area contributed by atoms with E-state index >= 15 is 0 Å². The molecule has 2 aliphatic rings. The van der Waals surface area contributed by atoms with E-state index in [0.717, 1.165) is 24.0 Å². The predicted molar refractivity (Wildman–Crippen MR) is 117 cm³/mol. The summed E-state index contributed by atoms with van der Waals surface area (Å²) in [6, 6.07) is 11.6. The Balaban J connectivity index is 1.86. The van der Waals surface area contributed by atoms with Crippen molar-refractivity contribution in [3.05, 3.63) is 69.8 Å². The molecule has 7 heteroatoms. The monoisotopic (exact) mass is 441 g/mol. The summed E-state index contributed by atoms with van der Waals surface area (Å²) in [4.78, 5) is 27.7. The summed E-state index contributed by atoms with van der Waals surface area (Å²) in [6.45, 7) is 2.87. The van der Waals surface area contributed by atoms with Crippen molar-refractivity contribution in [2.75, 3.05) is 20.3 Å². The number of halogens is 1. The van der Waals surface area contributed by atoms with Gasteiger partial charge in [0.2, 0.25) is 0 Å². The van der Waals surface area contributed by atoms with Gasteiger partial charge in [-0.2, -0.15) is 0 Å². The number of Topliss-reactive ketones (excluding diaryl/α,β-unsaturated/α-hetero) is 1. The number of aliphatic hydroxyl groups excluding tert-OH is 1. The van der Waals surface area contributed by atoms with Crippen LogP contribution in [0.25, 0.3) is 5.76 Å². The number of ketones is 1. The minimum atomic E-state index is -0.710. The van der Waals surface area contributed by atoms with Crippen LogP contribution in [0.4, 0.5) is 0 Å². The highest BCUT2D eigenvalue weighted by Crippen LogP contribution is 2.41. The van der Waals surface area contributed by atoms with Crippen molar-refractivity contribution in [3.63, 3.8) is 0 Å². The summed E-state index contributed by atoms with van der Waals surface area (Å²) in [5.41, 5.74) is 2.13. The number of hydrogen-bond donors (Lipinski definition) is 1. The van der Waals surface area contributed by atoms with Crippen LogP contribution < -0.4 is 4.74 Å². The maximum absolute atomic E-state index is 13.1. The van der Waals surface area contributed by atoms with Crippen molar-refractivity contribution in [2.24, 2.45) is 0 Å². The molecule has 2 heterocycles. The molecule has 2 aliphatic heterocycles. The van der Waals surface area contributed by atoms with Crippen molar-refractivity contribution >= 4 is 29.1 Å². The lowest BCUT2D eigenvalue weighted by Crippen LogP contribution is -2.36. The zero-order chi connectivity index (χ0) is 22.1. The van der Waals surface area contributed by atoms with E-state index in [1.165, 1.54) is 12.0 Å². The smallest absolute Gasteiger partial charge is 0.295 e. The van der Waals surface area contributed by atoms with E-state index in [2.05, 4.69) is 0 Å². The minimum Gasteiger partial charge on any atom is -0.507 e. The summed E-state index contributed by atoms with van der Waals surface area (Å²) in [7, 11) is 1.47. The lowest BCUT2D eigenvalue weighted by Gasteiger charge is -2.28. The Morgan fingerprint density at radius 1 is 1.26 bits per heavy atom. The normalized spacial score (nSPS) is 22.9. The zero-order valence-electron chi connectivity index (χ0n) is 17.4. The molecule has 6 nitrogen and oxygen atoms in total. The molecule has 2 aromatic rings. The standard InChI is InChI=1S/C24H24ClNO5/c1-14-6-3-4-8-17(14)21-20(22(27)15-9-10-18(25)19(12-15)30-2)23(28)24(29)26(21)13-16-7-5-11-31-16/h3-4,6,8-10,12,16,21,27H,5,7,11,13H2,1-2H3/b22-20+. The highest BCUT2D eigenvalue weighted by molar-refractivity contribution is 6.46. The van der Waals surface area contributed by atoms with Crippen LogP contribution >= 0.6 is 11.6 Å². The lowest BCUT2D eigenvalue weighted by atomic mass is 9.92. The van der Waals surface area contributed by atoms with E-state index in [9.17, 15) is 14.7 Å². The quantitative estimate of drug-likeness (QED) is 0.426. The van der Waals surface area contributed by atoms with Crippen molar-refractivity contribution in [1.29, 1.82) is 0 Å². The molecule has 0 aromatic heterocycles. The number of aryl methyl sites for hydroxylation is 1. The van der Waals surface area contributed by atoms with Crippen LogP contribution in [-0.2, 0) is 14.3 Å². The molecule has 1 N–H and O–H groups in total. The molecule has 0 aliphatic carbocycles. The fraction of sp³-hybridized carbons (Fsp3) is 0.333. The molecule has 162 valence electrons. The summed E-state index contributed by atoms with van der Waals surface area (Å²) in [5, 5.41) is 11.6. The summed E-state index contributed by atoms with van der Waals surface area (Å²) in [6.07, 6.45) is 1.63. The zero-order valence-corrected chi connectivity index (χ0v) is 18.2. The number of likely N-dealkylation sites (tertiary alicyclic amines) is 1. The summed E-state index contributed by atoms with van der Waals surface area (Å²) >= 11 is 6.11. The van der Waals surface area contributed by atoms with Gasteiger partial charge in [0, 0.05) is 18.7 Å². The molecule has 0 saturated carbocycles. The van der Waals surface area contributed by atoms with Gasteiger partial charge in [-0.3, -0.25) is 9.59 Å². The van der Waals surface area contributed by atoms with Gasteiger partial charge in [0.05, 0.1) is 29.9 Å². The molecule has 0 spiro atoms. The van der Waals surface area contributed by atoms with Crippen LogP contribution in [0.15, 0.2) is 48.0 Å². The number of carbonyl (C=O) groups excluding carboxylic acids is 2. The number of hydrogen-bond acceptors (Lipinski definition) is 5. The Labute approximate surface area is 186 Å². The van der Waals surface area contributed by atoms with Crippen LogP contribution in [0.1, 0.15) is 35.6 Å². The number of aliphatic hydroxyl groups is 1. The van der Waals surface area contributed by atoms with Gasteiger partial charge < -0.3 is 19.5 Å². The van der Waals surface area contributed by atoms with Gasteiger partial charge in [-0.05, 0) is 49.1 Å². The second kappa shape index (κ2) is 8.73. The average Bonchev–Trinajstić information content (AvgIpc) is 3.36. The highest BCUT2D eigenvalue weighted by atomic mass is 35.5. The van der Waals surface area contributed by atoms with E-state index in [0.29, 0.717) is 29.5 Å². The van der Waals surface area contributed by atoms with Gasteiger partial charge in [-0.15, -0.1) is 0 Å². The Hall–Kier alpha value is -2.83. The van der Waals surface area contributed by atoms with Gasteiger partial charge in [0.25, 0.3) is 11.7 Å². The Bertz CT molecular complexity index is 1060. The first-order chi connectivity index (χ1) is 14.9. The van der Waals surface area contributed by atoms with Gasteiger partial charge in [-0.1, -0.05) is 35.9 Å². The first-order valence-electron chi connectivity index (χ1n) is 10.2. The van der Waals surface area contributed by atoms with Crippen LogP contribution in [0.2, 0.25) is 5.02 Å². The molecule has 2 aromatic carbocycles. The number of rotatable bonds is 5. The molecule has 2 atom stereocenters. The largest absolute Gasteiger partial charge is 0.507 e. The van der Waals surface area contributed by atoms with Crippen molar-refractivity contribution in [2.45, 2.75) is 31.9 Å². The van der Waals surface area contributed by atoms with Crippen LogP contribution in [0.5, 0.6) is 5.75 Å². The molecular weight excluding hydrogens is 418 g/mol. The van der Waals surface area contributed by atoms with Crippen LogP contribution in [-0.4, -0.2) is 48.1 Å². The topological polar surface area (TPSA) is 76.1 Å². The third-order valence-corrected chi connectivity index (χ3v) is 6.18. The molecule has 2 fully saturated rings. The number of nitrogens with zero attached hydrogens (tertiary/aromatic N) is 1. The molecule has 0 radical (unpaired) electrons. The van der Waals surface area contributed by atoms with Crippen molar-refractivity contribution in [3.8, 4) is 5.75 Å². The first-order valence-corrected chi connectivity index (χ1v) is 10.6. The van der Waals surface area contributed by atoms with Gasteiger partial charge >= 0.3 is 0 Å². The van der Waals surface area contributed by atoms with E-state index in [1.807, 2.05) is 31.2 Å². The van der Waals surface area contributed by atoms with Crippen molar-refractivity contribution < 1.29 is 24.2 Å². The maximum atomic E-state index is 13.1. The van der Waals surface area contributed by atoms with Gasteiger partial charge in [0.15, 0.2) is 0 Å². The molecule has 4 rings (SSSR count). The SMILES string of the molecule is COc1cc(/C(O)=C2\C(=O)C(=O)N(CC3CCCO3)C2c2ccccc2C)ccc1Cl. The number of benzene rings is 2. The Morgan fingerprint density at radius 3 is 2.71 bits per heavy atom. The van der Waals surface area contributed by atoms with Crippen LogP contribution in [0, 0.1) is 6.92 Å². The molecule has 31 heavy (non-hydrogen) atoms. The Morgan fingerprint density at radius 2 is 2.03 bits per heavy atom. The molecular formula is C24H24ClNO5. The van der Waals surface area contributed by atoms with Crippen molar-refractivity contribution in [1.82, 2.24) is 4.90 Å². The summed E-state index contributed by atoms with van der Waals surface area (Å²) < 4.78 is 11.0. The number of ether oxygens (including phenoxy) is 2. The van der Waals surface area contributed by atoms with Crippen LogP contribution in [0.3, 0.4) is 0 Å². The molecule has 1 amide bonds. The fourth-order valence-corrected chi connectivity index (χ4v) is 4.45. The Kier molecular flexibility index (Phi) is 6.03. The first kappa shape index (κ1) is 21.4. The number of amides is 1. The van der Waals surface area contributed by atoms with E-state index in [4.69, 9.17) is 21.1 Å². The van der Waals surface area contributed by atoms with E-state index < -0.39 is 17.7 Å². The second-order valence-corrected chi connectivity index (χ2v) is 8.20. The maximum Gasteiger partial charge on any atom is 0.295 e. The molecule has 0 bridgehead atoms. The lowest BCUT2D eigenvalue weighted by molar-refractivity contribution is -0.140. The predicted octanol–water partition coefficient (Wildman–Crippen LogP) is 4.26. The van der Waals surface area contributed by atoms with Gasteiger partial charge in [-0.25, -0.2) is 0 Å². The van der Waals surface area contributed by atoms with Gasteiger partial charge in [0.1, 0.15) is 11.5 Å². The number of carbonyl (C=O) groups is 2. The van der Waals surface area contributed by atoms with E-state index in [1.54, 1.807) is 18.2 Å². The molecule has 2 unspecified atom stereocenters. The fourth-order valence-electron chi connectivity index (χ4n) is 4.26. The number of methoxy groups -OCH3 is 1. The minimum absolute atomic E-state index is 0.0571.